The minimum Gasteiger partial charge on any atom is -0.382 e. The van der Waals surface area contributed by atoms with Crippen LogP contribution in [0.15, 0.2) is 5.38 Å². The number of urea groups is 1. The van der Waals surface area contributed by atoms with Gasteiger partial charge in [-0.1, -0.05) is 0 Å². The minimum atomic E-state index is -0.0962. The van der Waals surface area contributed by atoms with Crippen molar-refractivity contribution in [1.29, 1.82) is 0 Å². The molecular formula is C14H24N2O2S. The van der Waals surface area contributed by atoms with Gasteiger partial charge in [-0.3, -0.25) is 0 Å². The molecule has 0 aromatic carbocycles. The van der Waals surface area contributed by atoms with Crippen molar-refractivity contribution in [3.63, 3.8) is 0 Å². The quantitative estimate of drug-likeness (QED) is 0.721. The van der Waals surface area contributed by atoms with Crippen molar-refractivity contribution in [1.82, 2.24) is 10.6 Å². The zero-order chi connectivity index (χ0) is 14.1. The first-order valence-electron chi connectivity index (χ1n) is 6.78. The van der Waals surface area contributed by atoms with E-state index in [-0.39, 0.29) is 6.03 Å². The van der Waals surface area contributed by atoms with Crippen molar-refractivity contribution in [2.75, 3.05) is 26.3 Å². The molecule has 2 N–H and O–H groups in total. The number of aryl methyl sites for hydroxylation is 1. The lowest BCUT2D eigenvalue weighted by atomic mass is 10.1. The fraction of sp³-hybridized carbons (Fsp3) is 0.643. The van der Waals surface area contributed by atoms with Gasteiger partial charge in [0.1, 0.15) is 0 Å². The third-order valence-electron chi connectivity index (χ3n) is 3.02. The van der Waals surface area contributed by atoms with Gasteiger partial charge in [0.05, 0.1) is 0 Å². The molecule has 0 saturated heterocycles. The lowest BCUT2D eigenvalue weighted by Gasteiger charge is -2.07. The lowest BCUT2D eigenvalue weighted by Crippen LogP contribution is -2.37. The molecule has 0 bridgehead atoms. The molecule has 4 nitrogen and oxygen atoms in total. The second kappa shape index (κ2) is 8.93. The van der Waals surface area contributed by atoms with Crippen molar-refractivity contribution >= 4 is 17.4 Å². The molecule has 0 atom stereocenters. The normalized spacial score (nSPS) is 10.5. The molecular weight excluding hydrogens is 260 g/mol. The number of rotatable bonds is 8. The average molecular weight is 284 g/mol. The van der Waals surface area contributed by atoms with Gasteiger partial charge in [-0.2, -0.15) is 0 Å². The van der Waals surface area contributed by atoms with Gasteiger partial charge in [0.25, 0.3) is 0 Å². The van der Waals surface area contributed by atoms with Crippen LogP contribution in [-0.2, 0) is 11.2 Å². The molecule has 0 unspecified atom stereocenters. The van der Waals surface area contributed by atoms with Crippen LogP contribution in [0.5, 0.6) is 0 Å². The molecule has 19 heavy (non-hydrogen) atoms. The van der Waals surface area contributed by atoms with Crippen molar-refractivity contribution in [3.05, 3.63) is 21.4 Å². The van der Waals surface area contributed by atoms with Crippen LogP contribution in [0.3, 0.4) is 0 Å². The summed E-state index contributed by atoms with van der Waals surface area (Å²) < 4.78 is 5.20. The Bertz CT molecular complexity index is 391. The highest BCUT2D eigenvalue weighted by Gasteiger charge is 2.04. The Labute approximate surface area is 119 Å². The number of nitrogens with one attached hydrogen (secondary N) is 2. The predicted molar refractivity (Wildman–Crippen MR) is 80.0 cm³/mol. The van der Waals surface area contributed by atoms with Crippen LogP contribution in [0.1, 0.15) is 29.3 Å². The Kier molecular flexibility index (Phi) is 7.52. The zero-order valence-electron chi connectivity index (χ0n) is 12.0. The van der Waals surface area contributed by atoms with Crippen molar-refractivity contribution in [2.45, 2.75) is 33.6 Å². The predicted octanol–water partition coefficient (Wildman–Crippen LogP) is 2.63. The summed E-state index contributed by atoms with van der Waals surface area (Å²) in [5, 5.41) is 7.87. The molecule has 1 aromatic rings. The van der Waals surface area contributed by atoms with Gasteiger partial charge >= 0.3 is 6.03 Å². The third kappa shape index (κ3) is 6.07. The lowest BCUT2D eigenvalue weighted by molar-refractivity contribution is 0.145. The molecule has 0 fully saturated rings. The van der Waals surface area contributed by atoms with E-state index in [1.54, 1.807) is 11.3 Å². The molecule has 108 valence electrons. The number of carbonyl (C=O) groups excluding carboxylic acids is 1. The monoisotopic (exact) mass is 284 g/mol. The fourth-order valence-corrected chi connectivity index (χ4v) is 2.62. The largest absolute Gasteiger partial charge is 0.382 e. The maximum absolute atomic E-state index is 11.5. The molecule has 5 heteroatoms. The van der Waals surface area contributed by atoms with E-state index in [1.807, 2.05) is 6.92 Å². The highest BCUT2D eigenvalue weighted by molar-refractivity contribution is 7.10. The van der Waals surface area contributed by atoms with Gasteiger partial charge in [0.15, 0.2) is 0 Å². The Balaban J connectivity index is 2.09. The van der Waals surface area contributed by atoms with Crippen LogP contribution in [0.2, 0.25) is 0 Å². The van der Waals surface area contributed by atoms with Crippen molar-refractivity contribution in [3.8, 4) is 0 Å². The SMILES string of the molecule is CCOCCCNC(=O)NCCc1csc(C)c1C. The summed E-state index contributed by atoms with van der Waals surface area (Å²) in [6.45, 7) is 8.98. The molecule has 0 saturated carbocycles. The van der Waals surface area contributed by atoms with E-state index < -0.39 is 0 Å². The summed E-state index contributed by atoms with van der Waals surface area (Å²) in [4.78, 5) is 12.9. The van der Waals surface area contributed by atoms with Gasteiger partial charge in [-0.05, 0) is 50.1 Å². The molecule has 0 radical (unpaired) electrons. The zero-order valence-corrected chi connectivity index (χ0v) is 12.9. The first-order valence-corrected chi connectivity index (χ1v) is 7.66. The summed E-state index contributed by atoms with van der Waals surface area (Å²) in [7, 11) is 0. The van der Waals surface area contributed by atoms with E-state index in [4.69, 9.17) is 4.74 Å². The highest BCUT2D eigenvalue weighted by atomic mass is 32.1. The Morgan fingerprint density at radius 1 is 1.32 bits per heavy atom. The van der Waals surface area contributed by atoms with Crippen LogP contribution in [0.25, 0.3) is 0 Å². The number of amides is 2. The van der Waals surface area contributed by atoms with Crippen LogP contribution in [0, 0.1) is 13.8 Å². The topological polar surface area (TPSA) is 50.4 Å². The van der Waals surface area contributed by atoms with Crippen LogP contribution in [0.4, 0.5) is 4.79 Å². The minimum absolute atomic E-state index is 0.0962. The average Bonchev–Trinajstić information content (AvgIpc) is 2.70. The second-order valence-electron chi connectivity index (χ2n) is 4.43. The van der Waals surface area contributed by atoms with E-state index >= 15 is 0 Å². The number of ether oxygens (including phenoxy) is 1. The first kappa shape index (κ1) is 16.0. The smallest absolute Gasteiger partial charge is 0.314 e. The Morgan fingerprint density at radius 3 is 2.68 bits per heavy atom. The highest BCUT2D eigenvalue weighted by Crippen LogP contribution is 2.20. The summed E-state index contributed by atoms with van der Waals surface area (Å²) in [6, 6.07) is -0.0962. The van der Waals surface area contributed by atoms with Crippen LogP contribution >= 0.6 is 11.3 Å². The maximum Gasteiger partial charge on any atom is 0.314 e. The molecule has 1 aromatic heterocycles. The van der Waals surface area contributed by atoms with Crippen LogP contribution in [-0.4, -0.2) is 32.3 Å². The van der Waals surface area contributed by atoms with Gasteiger partial charge in [0, 0.05) is 31.2 Å². The summed E-state index contributed by atoms with van der Waals surface area (Å²) in [6.07, 6.45) is 1.74. The number of carbonyl (C=O) groups is 1. The number of hydrogen-bond acceptors (Lipinski definition) is 3. The fourth-order valence-electron chi connectivity index (χ4n) is 1.70. The standard InChI is InChI=1S/C14H24N2O2S/c1-4-18-9-5-7-15-14(17)16-8-6-13-10-19-12(3)11(13)2/h10H,4-9H2,1-3H3,(H2,15,16,17). The van der Waals surface area contributed by atoms with E-state index in [2.05, 4.69) is 29.9 Å². The molecule has 1 rings (SSSR count). The molecule has 0 spiro atoms. The van der Waals surface area contributed by atoms with Crippen molar-refractivity contribution in [2.24, 2.45) is 0 Å². The van der Waals surface area contributed by atoms with E-state index in [9.17, 15) is 4.79 Å². The molecule has 0 aliphatic heterocycles. The number of hydrogen-bond donors (Lipinski definition) is 2. The molecule has 0 aliphatic carbocycles. The Hall–Kier alpha value is -1.07. The van der Waals surface area contributed by atoms with E-state index in [0.29, 0.717) is 19.7 Å². The van der Waals surface area contributed by atoms with Gasteiger partial charge in [-0.25, -0.2) is 4.79 Å². The summed E-state index contributed by atoms with van der Waals surface area (Å²) >= 11 is 1.77. The van der Waals surface area contributed by atoms with Gasteiger partial charge in [0.2, 0.25) is 0 Å². The maximum atomic E-state index is 11.5. The van der Waals surface area contributed by atoms with E-state index in [1.165, 1.54) is 16.0 Å². The third-order valence-corrected chi connectivity index (χ3v) is 4.08. The number of thiophene rings is 1. The Morgan fingerprint density at radius 2 is 2.05 bits per heavy atom. The van der Waals surface area contributed by atoms with E-state index in [0.717, 1.165) is 19.4 Å². The first-order chi connectivity index (χ1) is 9.15. The molecule has 2 amide bonds. The van der Waals surface area contributed by atoms with Gasteiger partial charge < -0.3 is 15.4 Å². The molecule has 0 aliphatic rings. The van der Waals surface area contributed by atoms with Crippen LogP contribution < -0.4 is 10.6 Å². The van der Waals surface area contributed by atoms with Crippen molar-refractivity contribution < 1.29 is 9.53 Å². The molecule has 1 heterocycles. The summed E-state index contributed by atoms with van der Waals surface area (Å²) in [5.41, 5.74) is 2.68. The second-order valence-corrected chi connectivity index (χ2v) is 5.51. The van der Waals surface area contributed by atoms with Gasteiger partial charge in [-0.15, -0.1) is 11.3 Å². The summed E-state index contributed by atoms with van der Waals surface area (Å²) in [5.74, 6) is 0.